The lowest BCUT2D eigenvalue weighted by Gasteiger charge is -2.37. The van der Waals surface area contributed by atoms with Gasteiger partial charge in [-0.25, -0.2) is 0 Å². The smallest absolute Gasteiger partial charge is 0.191 e. The second kappa shape index (κ2) is 6.54. The quantitative estimate of drug-likeness (QED) is 0.734. The van der Waals surface area contributed by atoms with Crippen molar-refractivity contribution >= 4 is 17.1 Å². The Balaban J connectivity index is 1.95. The van der Waals surface area contributed by atoms with Gasteiger partial charge in [-0.3, -0.25) is 9.59 Å². The van der Waals surface area contributed by atoms with Crippen LogP contribution in [-0.4, -0.2) is 41.5 Å². The van der Waals surface area contributed by atoms with Crippen molar-refractivity contribution in [1.82, 2.24) is 5.32 Å². The lowest BCUT2D eigenvalue weighted by Crippen LogP contribution is -2.44. The summed E-state index contributed by atoms with van der Waals surface area (Å²) in [7, 11) is 1.52. The summed E-state index contributed by atoms with van der Waals surface area (Å²) in [5.74, 6) is 0.197. The SMILES string of the molecule is COc1cccc2c1C(=O)C[C@@](C)(O)/C2=C1/C=CC2=C(C1=O)[C@@H](C)N[C@H](C)C2. The molecule has 0 fully saturated rings. The van der Waals surface area contributed by atoms with Gasteiger partial charge in [-0.15, -0.1) is 0 Å². The molecule has 3 aliphatic rings. The van der Waals surface area contributed by atoms with Gasteiger partial charge in [0.1, 0.15) is 5.75 Å². The molecule has 5 nitrogen and oxygen atoms in total. The topological polar surface area (TPSA) is 75.6 Å². The summed E-state index contributed by atoms with van der Waals surface area (Å²) in [6.07, 6.45) is 4.49. The van der Waals surface area contributed by atoms with Crippen LogP contribution in [0.5, 0.6) is 5.75 Å². The lowest BCUT2D eigenvalue weighted by molar-refractivity contribution is -0.112. The van der Waals surface area contributed by atoms with Crippen molar-refractivity contribution in [3.05, 3.63) is 58.2 Å². The summed E-state index contributed by atoms with van der Waals surface area (Å²) in [4.78, 5) is 26.2. The van der Waals surface area contributed by atoms with Crippen molar-refractivity contribution in [2.75, 3.05) is 7.11 Å². The van der Waals surface area contributed by atoms with E-state index in [1.54, 1.807) is 31.2 Å². The molecule has 0 saturated carbocycles. The average Bonchev–Trinajstić information content (AvgIpc) is 2.61. The Morgan fingerprint density at radius 3 is 2.68 bits per heavy atom. The Kier molecular flexibility index (Phi) is 4.40. The number of fused-ring (bicyclic) bond motifs is 1. The minimum absolute atomic E-state index is 0.0632. The fraction of sp³-hybridized carbons (Fsp3) is 0.391. The Labute approximate surface area is 164 Å². The number of methoxy groups -OCH3 is 1. The molecule has 0 unspecified atom stereocenters. The minimum atomic E-state index is -1.43. The monoisotopic (exact) mass is 379 g/mol. The summed E-state index contributed by atoms with van der Waals surface area (Å²) >= 11 is 0. The molecule has 0 aromatic heterocycles. The molecule has 2 N–H and O–H groups in total. The normalized spacial score (nSPS) is 32.3. The van der Waals surface area contributed by atoms with E-state index < -0.39 is 5.60 Å². The van der Waals surface area contributed by atoms with Gasteiger partial charge in [-0.2, -0.15) is 0 Å². The lowest BCUT2D eigenvalue weighted by atomic mass is 9.71. The zero-order valence-electron chi connectivity index (χ0n) is 16.6. The van der Waals surface area contributed by atoms with E-state index in [4.69, 9.17) is 4.74 Å². The first-order valence-electron chi connectivity index (χ1n) is 9.64. The summed E-state index contributed by atoms with van der Waals surface area (Å²) in [6.45, 7) is 5.70. The third kappa shape index (κ3) is 2.77. The highest BCUT2D eigenvalue weighted by Crippen LogP contribution is 2.45. The maximum absolute atomic E-state index is 13.5. The van der Waals surface area contributed by atoms with Crippen LogP contribution in [0, 0.1) is 0 Å². The number of allylic oxidation sites excluding steroid dienone is 3. The van der Waals surface area contributed by atoms with Crippen molar-refractivity contribution < 1.29 is 19.4 Å². The number of Topliss-reactive ketones (excluding diaryl/α,β-unsaturated/α-hetero) is 2. The molecule has 0 radical (unpaired) electrons. The fourth-order valence-corrected chi connectivity index (χ4v) is 4.80. The first-order chi connectivity index (χ1) is 13.2. The van der Waals surface area contributed by atoms with Crippen LogP contribution in [0.15, 0.2) is 47.1 Å². The predicted octanol–water partition coefficient (Wildman–Crippen LogP) is 2.99. The molecular weight excluding hydrogens is 354 g/mol. The largest absolute Gasteiger partial charge is 0.496 e. The van der Waals surface area contributed by atoms with Crippen LogP contribution in [0.4, 0.5) is 0 Å². The molecule has 1 heterocycles. The molecular formula is C23H25NO4. The van der Waals surface area contributed by atoms with Crippen LogP contribution < -0.4 is 10.1 Å². The van der Waals surface area contributed by atoms with Crippen molar-refractivity contribution in [1.29, 1.82) is 0 Å². The van der Waals surface area contributed by atoms with Gasteiger partial charge in [0.25, 0.3) is 0 Å². The first-order valence-corrected chi connectivity index (χ1v) is 9.64. The molecule has 0 bridgehead atoms. The number of rotatable bonds is 1. The van der Waals surface area contributed by atoms with Gasteiger partial charge < -0.3 is 15.2 Å². The van der Waals surface area contributed by atoms with E-state index in [-0.39, 0.29) is 24.0 Å². The minimum Gasteiger partial charge on any atom is -0.496 e. The molecule has 2 aliphatic carbocycles. The van der Waals surface area contributed by atoms with Crippen LogP contribution in [-0.2, 0) is 4.79 Å². The van der Waals surface area contributed by atoms with Gasteiger partial charge >= 0.3 is 0 Å². The van der Waals surface area contributed by atoms with Crippen molar-refractivity contribution in [2.24, 2.45) is 0 Å². The third-order valence-corrected chi connectivity index (χ3v) is 5.89. The second-order valence-corrected chi connectivity index (χ2v) is 8.14. The molecule has 0 amide bonds. The maximum atomic E-state index is 13.5. The molecule has 28 heavy (non-hydrogen) atoms. The molecule has 1 aromatic rings. The predicted molar refractivity (Wildman–Crippen MR) is 107 cm³/mol. The number of aliphatic hydroxyl groups is 1. The van der Waals surface area contributed by atoms with Gasteiger partial charge in [-0.05, 0) is 44.4 Å². The number of hydrogen-bond donors (Lipinski definition) is 2. The summed E-state index contributed by atoms with van der Waals surface area (Å²) in [5, 5.41) is 14.6. The van der Waals surface area contributed by atoms with E-state index in [1.807, 2.05) is 13.0 Å². The Morgan fingerprint density at radius 2 is 1.96 bits per heavy atom. The van der Waals surface area contributed by atoms with Gasteiger partial charge in [0.05, 0.1) is 18.3 Å². The van der Waals surface area contributed by atoms with Crippen molar-refractivity contribution in [2.45, 2.75) is 51.3 Å². The number of carbonyl (C=O) groups excluding carboxylic acids is 2. The van der Waals surface area contributed by atoms with Crippen LogP contribution in [0.3, 0.4) is 0 Å². The molecule has 1 aromatic carbocycles. The molecule has 0 saturated heterocycles. The zero-order valence-corrected chi connectivity index (χ0v) is 16.6. The highest BCUT2D eigenvalue weighted by molar-refractivity contribution is 6.20. The maximum Gasteiger partial charge on any atom is 0.191 e. The molecule has 4 rings (SSSR count). The van der Waals surface area contributed by atoms with Crippen LogP contribution in [0.25, 0.3) is 5.57 Å². The van der Waals surface area contributed by atoms with E-state index in [2.05, 4.69) is 12.2 Å². The Bertz CT molecular complexity index is 980. The zero-order chi connectivity index (χ0) is 20.2. The summed E-state index contributed by atoms with van der Waals surface area (Å²) < 4.78 is 5.38. The Morgan fingerprint density at radius 1 is 1.21 bits per heavy atom. The van der Waals surface area contributed by atoms with Gasteiger partial charge in [0, 0.05) is 35.2 Å². The van der Waals surface area contributed by atoms with E-state index >= 15 is 0 Å². The van der Waals surface area contributed by atoms with Crippen molar-refractivity contribution in [3.63, 3.8) is 0 Å². The van der Waals surface area contributed by atoms with E-state index in [0.29, 0.717) is 34.1 Å². The summed E-state index contributed by atoms with van der Waals surface area (Å²) in [5.41, 5.74) is 2.33. The molecule has 1 aliphatic heterocycles. The highest BCUT2D eigenvalue weighted by Gasteiger charge is 2.43. The first kappa shape index (κ1) is 18.8. The van der Waals surface area contributed by atoms with Crippen LogP contribution in [0.2, 0.25) is 0 Å². The van der Waals surface area contributed by atoms with E-state index in [9.17, 15) is 14.7 Å². The van der Waals surface area contributed by atoms with Gasteiger partial charge in [0.2, 0.25) is 0 Å². The second-order valence-electron chi connectivity index (χ2n) is 8.14. The van der Waals surface area contributed by atoms with E-state index in [0.717, 1.165) is 17.6 Å². The standard InChI is InChI=1S/C23H25NO4/c1-12-10-14-8-9-16(22(26)19(14)13(2)24-12)21-15-6-5-7-18(28-4)20(15)17(25)11-23(21,3)27/h5-9,12-13,24,27H,10-11H2,1-4H3/b21-16-/t12-,13-,23-/m1/s1. The Hall–Kier alpha value is -2.50. The van der Waals surface area contributed by atoms with Crippen LogP contribution >= 0.6 is 0 Å². The molecule has 3 atom stereocenters. The van der Waals surface area contributed by atoms with Gasteiger partial charge in [0.15, 0.2) is 11.6 Å². The number of ketones is 2. The number of benzene rings is 1. The number of ether oxygens (including phenoxy) is 1. The third-order valence-electron chi connectivity index (χ3n) is 5.89. The van der Waals surface area contributed by atoms with Crippen molar-refractivity contribution in [3.8, 4) is 5.75 Å². The molecule has 5 heteroatoms. The fourth-order valence-electron chi connectivity index (χ4n) is 4.80. The molecule has 0 spiro atoms. The number of carbonyl (C=O) groups is 2. The van der Waals surface area contributed by atoms with Gasteiger partial charge in [-0.1, -0.05) is 24.3 Å². The average molecular weight is 379 g/mol. The van der Waals surface area contributed by atoms with Crippen LogP contribution in [0.1, 0.15) is 49.5 Å². The highest BCUT2D eigenvalue weighted by atomic mass is 16.5. The summed E-state index contributed by atoms with van der Waals surface area (Å²) in [6, 6.07) is 5.53. The molecule has 146 valence electrons. The number of hydrogen-bond acceptors (Lipinski definition) is 5. The van der Waals surface area contributed by atoms with E-state index in [1.165, 1.54) is 7.11 Å². The number of nitrogens with one attached hydrogen (secondary N) is 1.